The van der Waals surface area contributed by atoms with Crippen molar-refractivity contribution < 1.29 is 9.13 Å². The normalized spacial score (nSPS) is 14.4. The lowest BCUT2D eigenvalue weighted by molar-refractivity contribution is 0.473. The van der Waals surface area contributed by atoms with Crippen LogP contribution < -0.4 is 10.1 Å². The third kappa shape index (κ3) is 3.51. The number of rotatable bonds is 5. The fraction of sp³-hybridized carbons (Fsp3) is 0.267. The van der Waals surface area contributed by atoms with E-state index in [1.807, 2.05) is 6.07 Å². The highest BCUT2D eigenvalue weighted by Gasteiger charge is 2.20. The minimum Gasteiger partial charge on any atom is -0.456 e. The second-order valence-corrected chi connectivity index (χ2v) is 4.74. The van der Waals surface area contributed by atoms with E-state index < -0.39 is 0 Å². The first-order chi connectivity index (χ1) is 9.29. The summed E-state index contributed by atoms with van der Waals surface area (Å²) in [4.78, 5) is 3.96. The fourth-order valence-corrected chi connectivity index (χ4v) is 1.87. The highest BCUT2D eigenvalue weighted by Crippen LogP contribution is 2.24. The summed E-state index contributed by atoms with van der Waals surface area (Å²) in [7, 11) is 0. The Balaban J connectivity index is 1.72. The van der Waals surface area contributed by atoms with Crippen molar-refractivity contribution in [3.05, 3.63) is 54.1 Å². The van der Waals surface area contributed by atoms with Crippen LogP contribution in [-0.2, 0) is 6.54 Å². The molecule has 0 spiro atoms. The summed E-state index contributed by atoms with van der Waals surface area (Å²) in [6.07, 6.45) is 5.71. The van der Waals surface area contributed by atoms with Crippen molar-refractivity contribution in [1.29, 1.82) is 0 Å². The quantitative estimate of drug-likeness (QED) is 0.893. The molecular formula is C15H15FN2O. The molecule has 0 unspecified atom stereocenters. The summed E-state index contributed by atoms with van der Waals surface area (Å²) in [6, 6.07) is 8.94. The predicted octanol–water partition coefficient (Wildman–Crippen LogP) is 3.27. The highest BCUT2D eigenvalue weighted by molar-refractivity contribution is 5.33. The zero-order valence-electron chi connectivity index (χ0n) is 10.5. The van der Waals surface area contributed by atoms with E-state index >= 15 is 0 Å². The van der Waals surface area contributed by atoms with Crippen LogP contribution in [-0.4, -0.2) is 11.0 Å². The Kier molecular flexibility index (Phi) is 3.42. The number of nitrogens with one attached hydrogen (secondary N) is 1. The topological polar surface area (TPSA) is 34.1 Å². The van der Waals surface area contributed by atoms with E-state index in [0.29, 0.717) is 24.1 Å². The monoisotopic (exact) mass is 258 g/mol. The maximum Gasteiger partial charge on any atom is 0.145 e. The molecule has 1 aliphatic carbocycles. The van der Waals surface area contributed by atoms with E-state index in [2.05, 4.69) is 10.3 Å². The van der Waals surface area contributed by atoms with Crippen molar-refractivity contribution in [3.63, 3.8) is 0 Å². The van der Waals surface area contributed by atoms with E-state index in [4.69, 9.17) is 4.74 Å². The number of hydrogen-bond acceptors (Lipinski definition) is 3. The number of benzene rings is 1. The first-order valence-electron chi connectivity index (χ1n) is 6.40. The van der Waals surface area contributed by atoms with Gasteiger partial charge in [0.15, 0.2) is 0 Å². The van der Waals surface area contributed by atoms with Gasteiger partial charge in [-0.25, -0.2) is 4.39 Å². The minimum atomic E-state index is -0.283. The molecule has 1 N–H and O–H groups in total. The van der Waals surface area contributed by atoms with Crippen molar-refractivity contribution in [1.82, 2.24) is 10.3 Å². The smallest absolute Gasteiger partial charge is 0.145 e. The van der Waals surface area contributed by atoms with E-state index in [-0.39, 0.29) is 5.82 Å². The SMILES string of the molecule is Fc1cc(CNC2CC2)cc(Oc2cccnc2)c1. The molecule has 0 aliphatic heterocycles. The average molecular weight is 258 g/mol. The molecule has 0 atom stereocenters. The van der Waals surface area contributed by atoms with Crippen LogP contribution in [0, 0.1) is 5.82 Å². The lowest BCUT2D eigenvalue weighted by atomic mass is 10.2. The number of nitrogens with zero attached hydrogens (tertiary/aromatic N) is 1. The number of ether oxygens (including phenoxy) is 1. The summed E-state index contributed by atoms with van der Waals surface area (Å²) in [5, 5.41) is 3.36. The Labute approximate surface area is 111 Å². The molecular weight excluding hydrogens is 243 g/mol. The van der Waals surface area contributed by atoms with Crippen LogP contribution >= 0.6 is 0 Å². The summed E-state index contributed by atoms with van der Waals surface area (Å²) in [5.74, 6) is 0.823. The third-order valence-electron chi connectivity index (χ3n) is 2.97. The molecule has 1 aromatic carbocycles. The molecule has 98 valence electrons. The molecule has 19 heavy (non-hydrogen) atoms. The highest BCUT2D eigenvalue weighted by atomic mass is 19.1. The van der Waals surface area contributed by atoms with Gasteiger partial charge in [-0.05, 0) is 42.7 Å². The van der Waals surface area contributed by atoms with Crippen LogP contribution in [0.25, 0.3) is 0 Å². The zero-order chi connectivity index (χ0) is 13.1. The zero-order valence-corrected chi connectivity index (χ0v) is 10.5. The Morgan fingerprint density at radius 2 is 2.16 bits per heavy atom. The van der Waals surface area contributed by atoms with Gasteiger partial charge in [0, 0.05) is 24.8 Å². The van der Waals surface area contributed by atoms with Crippen LogP contribution in [0.2, 0.25) is 0 Å². The summed E-state index contributed by atoms with van der Waals surface area (Å²) >= 11 is 0. The van der Waals surface area contributed by atoms with Crippen LogP contribution in [0.4, 0.5) is 4.39 Å². The second-order valence-electron chi connectivity index (χ2n) is 4.74. The van der Waals surface area contributed by atoms with Crippen LogP contribution in [0.1, 0.15) is 18.4 Å². The number of pyridine rings is 1. The van der Waals surface area contributed by atoms with Gasteiger partial charge >= 0.3 is 0 Å². The number of hydrogen-bond donors (Lipinski definition) is 1. The van der Waals surface area contributed by atoms with Crippen molar-refractivity contribution in [2.24, 2.45) is 0 Å². The Morgan fingerprint density at radius 1 is 1.26 bits per heavy atom. The van der Waals surface area contributed by atoms with Gasteiger partial charge in [-0.1, -0.05) is 0 Å². The molecule has 1 heterocycles. The average Bonchev–Trinajstić information content (AvgIpc) is 3.21. The molecule has 0 saturated heterocycles. The second kappa shape index (κ2) is 5.36. The van der Waals surface area contributed by atoms with Gasteiger partial charge in [-0.3, -0.25) is 4.98 Å². The Morgan fingerprint density at radius 3 is 2.89 bits per heavy atom. The molecule has 0 radical (unpaired) electrons. The molecule has 4 heteroatoms. The number of aromatic nitrogens is 1. The van der Waals surface area contributed by atoms with Crippen molar-refractivity contribution >= 4 is 0 Å². The van der Waals surface area contributed by atoms with Gasteiger partial charge in [0.25, 0.3) is 0 Å². The Bertz CT molecular complexity index is 555. The summed E-state index contributed by atoms with van der Waals surface area (Å²) in [5.41, 5.74) is 0.894. The third-order valence-corrected chi connectivity index (χ3v) is 2.97. The standard InChI is InChI=1S/C15H15FN2O/c16-12-6-11(9-18-13-3-4-13)7-15(8-12)19-14-2-1-5-17-10-14/h1-2,5-8,10,13,18H,3-4,9H2. The molecule has 1 saturated carbocycles. The molecule has 0 amide bonds. The maximum absolute atomic E-state index is 13.5. The summed E-state index contributed by atoms with van der Waals surface area (Å²) < 4.78 is 19.1. The Hall–Kier alpha value is -1.94. The van der Waals surface area contributed by atoms with Gasteiger partial charge in [0.1, 0.15) is 17.3 Å². The predicted molar refractivity (Wildman–Crippen MR) is 70.6 cm³/mol. The lowest BCUT2D eigenvalue weighted by Gasteiger charge is -2.08. The lowest BCUT2D eigenvalue weighted by Crippen LogP contribution is -2.15. The van der Waals surface area contributed by atoms with Crippen molar-refractivity contribution in [2.75, 3.05) is 0 Å². The van der Waals surface area contributed by atoms with E-state index in [1.165, 1.54) is 25.0 Å². The largest absolute Gasteiger partial charge is 0.456 e. The molecule has 1 aliphatic rings. The van der Waals surface area contributed by atoms with Crippen LogP contribution in [0.3, 0.4) is 0 Å². The van der Waals surface area contributed by atoms with Crippen molar-refractivity contribution in [2.45, 2.75) is 25.4 Å². The van der Waals surface area contributed by atoms with Gasteiger partial charge in [0.05, 0.1) is 6.20 Å². The first-order valence-corrected chi connectivity index (χ1v) is 6.40. The minimum absolute atomic E-state index is 0.283. The van der Waals surface area contributed by atoms with Crippen molar-refractivity contribution in [3.8, 4) is 11.5 Å². The van der Waals surface area contributed by atoms with E-state index in [0.717, 1.165) is 5.56 Å². The van der Waals surface area contributed by atoms with Gasteiger partial charge in [-0.2, -0.15) is 0 Å². The molecule has 0 bridgehead atoms. The van der Waals surface area contributed by atoms with Gasteiger partial charge in [0.2, 0.25) is 0 Å². The molecule has 2 aromatic rings. The maximum atomic E-state index is 13.5. The van der Waals surface area contributed by atoms with Gasteiger partial charge < -0.3 is 10.1 Å². The van der Waals surface area contributed by atoms with Crippen LogP contribution in [0.5, 0.6) is 11.5 Å². The molecule has 3 nitrogen and oxygen atoms in total. The summed E-state index contributed by atoms with van der Waals surface area (Å²) in [6.45, 7) is 0.672. The molecule has 1 fully saturated rings. The molecule has 1 aromatic heterocycles. The van der Waals surface area contributed by atoms with E-state index in [9.17, 15) is 4.39 Å². The fourth-order valence-electron chi connectivity index (χ4n) is 1.87. The number of halogens is 1. The van der Waals surface area contributed by atoms with E-state index in [1.54, 1.807) is 24.5 Å². The first kappa shape index (κ1) is 12.1. The van der Waals surface area contributed by atoms with Crippen LogP contribution in [0.15, 0.2) is 42.7 Å². The molecule has 3 rings (SSSR count). The van der Waals surface area contributed by atoms with Gasteiger partial charge in [-0.15, -0.1) is 0 Å².